The third-order valence-electron chi connectivity index (χ3n) is 4.02. The summed E-state index contributed by atoms with van der Waals surface area (Å²) in [4.78, 5) is 9.68. The van der Waals surface area contributed by atoms with Crippen molar-refractivity contribution in [3.63, 3.8) is 0 Å². The van der Waals surface area contributed by atoms with Crippen LogP contribution in [-0.4, -0.2) is 32.7 Å². The molecule has 1 fully saturated rings. The number of halogens is 3. The monoisotopic (exact) mass is 313 g/mol. The molecule has 0 N–H and O–H groups in total. The first kappa shape index (κ1) is 15.1. The Balaban J connectivity index is 2.06. The quantitative estimate of drug-likeness (QED) is 0.812. The first-order valence-corrected chi connectivity index (χ1v) is 7.41. The Morgan fingerprint density at radius 2 is 1.95 bits per heavy atom. The van der Waals surface area contributed by atoms with E-state index < -0.39 is 12.0 Å². The van der Waals surface area contributed by atoms with Crippen molar-refractivity contribution in [3.05, 3.63) is 17.6 Å². The van der Waals surface area contributed by atoms with Crippen molar-refractivity contribution in [3.8, 4) is 0 Å². The lowest BCUT2D eigenvalue weighted by molar-refractivity contribution is -0.144. The number of nitrogens with zero attached hydrogens (tertiary/aromatic N) is 5. The number of fused-ring (bicyclic) bond motifs is 1. The van der Waals surface area contributed by atoms with Crippen molar-refractivity contribution in [2.45, 2.75) is 39.3 Å². The highest BCUT2D eigenvalue weighted by Gasteiger charge is 2.37. The number of aromatic nitrogens is 4. The molecule has 0 radical (unpaired) electrons. The molecule has 3 heterocycles. The van der Waals surface area contributed by atoms with Gasteiger partial charge in [-0.2, -0.15) is 22.7 Å². The first-order chi connectivity index (χ1) is 10.3. The Bertz CT molecular complexity index is 679. The smallest absolute Gasteiger partial charge is 0.356 e. The minimum atomic E-state index is -4.56. The van der Waals surface area contributed by atoms with E-state index in [-0.39, 0.29) is 5.78 Å². The summed E-state index contributed by atoms with van der Waals surface area (Å²) in [6.07, 6.45) is -1.39. The molecule has 1 aliphatic rings. The van der Waals surface area contributed by atoms with Crippen molar-refractivity contribution in [1.29, 1.82) is 0 Å². The van der Waals surface area contributed by atoms with E-state index in [4.69, 9.17) is 0 Å². The topological polar surface area (TPSA) is 46.3 Å². The van der Waals surface area contributed by atoms with Gasteiger partial charge >= 0.3 is 6.18 Å². The van der Waals surface area contributed by atoms with Crippen molar-refractivity contribution in [2.24, 2.45) is 5.92 Å². The molecule has 2 aromatic rings. The molecule has 22 heavy (non-hydrogen) atoms. The van der Waals surface area contributed by atoms with Crippen LogP contribution in [0.3, 0.4) is 0 Å². The third-order valence-corrected chi connectivity index (χ3v) is 4.02. The van der Waals surface area contributed by atoms with Crippen LogP contribution in [0.2, 0.25) is 0 Å². The first-order valence-electron chi connectivity index (χ1n) is 7.41. The highest BCUT2D eigenvalue weighted by molar-refractivity contribution is 5.47. The van der Waals surface area contributed by atoms with Crippen LogP contribution in [-0.2, 0) is 6.18 Å². The number of aryl methyl sites for hydroxylation is 1. The fourth-order valence-electron chi connectivity index (χ4n) is 2.81. The molecule has 0 aliphatic carbocycles. The minimum Gasteiger partial charge on any atom is -0.356 e. The molecule has 2 aromatic heterocycles. The van der Waals surface area contributed by atoms with E-state index in [0.717, 1.165) is 32.4 Å². The van der Waals surface area contributed by atoms with Gasteiger partial charge in [0.15, 0.2) is 0 Å². The zero-order valence-corrected chi connectivity index (χ0v) is 12.6. The second-order valence-electron chi connectivity index (χ2n) is 5.92. The fourth-order valence-corrected chi connectivity index (χ4v) is 2.81. The number of hydrogen-bond donors (Lipinski definition) is 0. The molecule has 5 nitrogen and oxygen atoms in total. The SMILES string of the molecule is Cc1cc(N2CCCC(C)CC2)n2nc(C(F)(F)F)nc2n1. The second kappa shape index (κ2) is 5.40. The molecule has 120 valence electrons. The third kappa shape index (κ3) is 2.86. The summed E-state index contributed by atoms with van der Waals surface area (Å²) in [6.45, 7) is 5.57. The Morgan fingerprint density at radius 1 is 1.18 bits per heavy atom. The van der Waals surface area contributed by atoms with Gasteiger partial charge in [-0.15, -0.1) is 5.10 Å². The van der Waals surface area contributed by atoms with E-state index in [9.17, 15) is 13.2 Å². The van der Waals surface area contributed by atoms with Crippen LogP contribution >= 0.6 is 0 Å². The predicted molar refractivity (Wildman–Crippen MR) is 75.7 cm³/mol. The lowest BCUT2D eigenvalue weighted by atomic mass is 10.0. The lowest BCUT2D eigenvalue weighted by Crippen LogP contribution is -2.27. The summed E-state index contributed by atoms with van der Waals surface area (Å²) in [5, 5.41) is 3.63. The standard InChI is InChI=1S/C14H18F3N5/c1-9-4-3-6-21(7-5-9)11-8-10(2)18-13-19-12(14(15,16)17)20-22(11)13/h8-9H,3-7H2,1-2H3. The van der Waals surface area contributed by atoms with Crippen molar-refractivity contribution in [2.75, 3.05) is 18.0 Å². The number of anilines is 1. The summed E-state index contributed by atoms with van der Waals surface area (Å²) < 4.78 is 39.7. The number of alkyl halides is 3. The highest BCUT2D eigenvalue weighted by Crippen LogP contribution is 2.28. The van der Waals surface area contributed by atoms with E-state index in [1.54, 1.807) is 13.0 Å². The number of hydrogen-bond acceptors (Lipinski definition) is 4. The minimum absolute atomic E-state index is 0.000351. The summed E-state index contributed by atoms with van der Waals surface area (Å²) >= 11 is 0. The Labute approximate surface area is 126 Å². The summed E-state index contributed by atoms with van der Waals surface area (Å²) in [5.41, 5.74) is 0.640. The normalized spacial score (nSPS) is 20.4. The van der Waals surface area contributed by atoms with E-state index >= 15 is 0 Å². The second-order valence-corrected chi connectivity index (χ2v) is 5.92. The molecular weight excluding hydrogens is 295 g/mol. The summed E-state index contributed by atoms with van der Waals surface area (Å²) in [5.74, 6) is 0.124. The zero-order valence-electron chi connectivity index (χ0n) is 12.6. The maximum Gasteiger partial charge on any atom is 0.453 e. The van der Waals surface area contributed by atoms with Crippen LogP contribution in [0.25, 0.3) is 5.78 Å². The Kier molecular flexibility index (Phi) is 3.70. The lowest BCUT2D eigenvalue weighted by Gasteiger charge is -2.23. The van der Waals surface area contributed by atoms with Gasteiger partial charge in [0, 0.05) is 24.8 Å². The largest absolute Gasteiger partial charge is 0.453 e. The van der Waals surface area contributed by atoms with Crippen LogP contribution in [0.5, 0.6) is 0 Å². The number of rotatable bonds is 1. The maximum absolute atomic E-state index is 12.8. The molecule has 0 bridgehead atoms. The molecule has 0 amide bonds. The molecule has 1 saturated heterocycles. The van der Waals surface area contributed by atoms with Crippen LogP contribution in [0, 0.1) is 12.8 Å². The van der Waals surface area contributed by atoms with Gasteiger partial charge in [0.25, 0.3) is 11.6 Å². The average molecular weight is 313 g/mol. The molecule has 1 aliphatic heterocycles. The van der Waals surface area contributed by atoms with Gasteiger partial charge in [-0.3, -0.25) is 0 Å². The Morgan fingerprint density at radius 3 is 2.68 bits per heavy atom. The molecule has 1 atom stereocenters. The van der Waals surface area contributed by atoms with Crippen LogP contribution in [0.1, 0.15) is 37.7 Å². The fraction of sp³-hybridized carbons (Fsp3) is 0.643. The molecule has 0 spiro atoms. The van der Waals surface area contributed by atoms with E-state index in [1.165, 1.54) is 4.52 Å². The molecular formula is C14H18F3N5. The summed E-state index contributed by atoms with van der Waals surface area (Å²) in [6, 6.07) is 1.78. The van der Waals surface area contributed by atoms with Gasteiger partial charge in [0.05, 0.1) is 0 Å². The summed E-state index contributed by atoms with van der Waals surface area (Å²) in [7, 11) is 0. The van der Waals surface area contributed by atoms with Gasteiger partial charge in [0.2, 0.25) is 0 Å². The van der Waals surface area contributed by atoms with Gasteiger partial charge in [-0.05, 0) is 32.1 Å². The molecule has 0 saturated carbocycles. The van der Waals surface area contributed by atoms with Crippen molar-refractivity contribution < 1.29 is 13.2 Å². The zero-order chi connectivity index (χ0) is 15.9. The van der Waals surface area contributed by atoms with E-state index in [0.29, 0.717) is 17.4 Å². The van der Waals surface area contributed by atoms with Crippen molar-refractivity contribution in [1.82, 2.24) is 19.6 Å². The van der Waals surface area contributed by atoms with Gasteiger partial charge in [-0.1, -0.05) is 6.92 Å². The Hall–Kier alpha value is -1.86. The van der Waals surface area contributed by atoms with Gasteiger partial charge in [0.1, 0.15) is 5.82 Å². The maximum atomic E-state index is 12.8. The average Bonchev–Trinajstić information content (AvgIpc) is 2.74. The van der Waals surface area contributed by atoms with E-state index in [2.05, 4.69) is 26.9 Å². The van der Waals surface area contributed by atoms with Crippen LogP contribution < -0.4 is 4.90 Å². The molecule has 8 heteroatoms. The van der Waals surface area contributed by atoms with Gasteiger partial charge in [-0.25, -0.2) is 4.98 Å². The molecule has 0 aromatic carbocycles. The van der Waals surface area contributed by atoms with E-state index in [1.807, 2.05) is 0 Å². The molecule has 3 rings (SSSR count). The van der Waals surface area contributed by atoms with Crippen LogP contribution in [0.4, 0.5) is 19.0 Å². The van der Waals surface area contributed by atoms with Crippen molar-refractivity contribution >= 4 is 11.6 Å². The highest BCUT2D eigenvalue weighted by atomic mass is 19.4. The van der Waals surface area contributed by atoms with Gasteiger partial charge < -0.3 is 4.90 Å². The molecule has 1 unspecified atom stereocenters. The predicted octanol–water partition coefficient (Wildman–Crippen LogP) is 3.08. The van der Waals surface area contributed by atoms with Crippen LogP contribution in [0.15, 0.2) is 6.07 Å².